The van der Waals surface area contributed by atoms with E-state index in [1.54, 1.807) is 0 Å². The first-order valence-corrected chi connectivity index (χ1v) is 7.39. The Morgan fingerprint density at radius 1 is 1.15 bits per heavy atom. The molecule has 1 saturated carbocycles. The first-order chi connectivity index (χ1) is 9.74. The van der Waals surface area contributed by atoms with Crippen LogP contribution in [0, 0.1) is 5.92 Å². The van der Waals surface area contributed by atoms with Crippen molar-refractivity contribution in [2.24, 2.45) is 5.92 Å². The van der Waals surface area contributed by atoms with Crippen molar-refractivity contribution in [1.82, 2.24) is 4.90 Å². The minimum atomic E-state index is -0.205. The highest BCUT2D eigenvalue weighted by Gasteiger charge is 2.38. The summed E-state index contributed by atoms with van der Waals surface area (Å²) in [5.74, 6) is -0.0986. The van der Waals surface area contributed by atoms with Gasteiger partial charge in [0.05, 0.1) is 5.92 Å². The normalized spacial score (nSPS) is 23.3. The number of rotatable bonds is 3. The maximum atomic E-state index is 12.2. The van der Waals surface area contributed by atoms with Crippen molar-refractivity contribution in [1.29, 1.82) is 0 Å². The molecule has 1 aliphatic carbocycles. The SMILES string of the molecule is O=C(Nc1ccccc1)C1CC(=O)N(C2CCCC2)C1. The van der Waals surface area contributed by atoms with Crippen LogP contribution in [0.3, 0.4) is 0 Å². The van der Waals surface area contributed by atoms with Crippen LogP contribution in [0.25, 0.3) is 0 Å². The van der Waals surface area contributed by atoms with Crippen LogP contribution in [0.15, 0.2) is 30.3 Å². The zero-order valence-corrected chi connectivity index (χ0v) is 11.5. The summed E-state index contributed by atoms with van der Waals surface area (Å²) >= 11 is 0. The van der Waals surface area contributed by atoms with Crippen LogP contribution >= 0.6 is 0 Å². The summed E-state index contributed by atoms with van der Waals surface area (Å²) in [7, 11) is 0. The third-order valence-corrected chi connectivity index (χ3v) is 4.34. The number of anilines is 1. The molecular formula is C16H20N2O2. The molecule has 1 aromatic carbocycles. The summed E-state index contributed by atoms with van der Waals surface area (Å²) in [4.78, 5) is 26.2. The number of nitrogens with one attached hydrogen (secondary N) is 1. The lowest BCUT2D eigenvalue weighted by Crippen LogP contribution is -2.35. The zero-order chi connectivity index (χ0) is 13.9. The fraction of sp³-hybridized carbons (Fsp3) is 0.500. The molecule has 20 heavy (non-hydrogen) atoms. The van der Waals surface area contributed by atoms with E-state index in [4.69, 9.17) is 0 Å². The molecule has 1 atom stereocenters. The van der Waals surface area contributed by atoms with Crippen LogP contribution in [0.4, 0.5) is 5.69 Å². The van der Waals surface area contributed by atoms with E-state index in [-0.39, 0.29) is 17.7 Å². The molecular weight excluding hydrogens is 252 g/mol. The lowest BCUT2D eigenvalue weighted by Gasteiger charge is -2.23. The van der Waals surface area contributed by atoms with Crippen molar-refractivity contribution >= 4 is 17.5 Å². The van der Waals surface area contributed by atoms with Gasteiger partial charge in [0.25, 0.3) is 0 Å². The maximum Gasteiger partial charge on any atom is 0.229 e. The lowest BCUT2D eigenvalue weighted by molar-refractivity contribution is -0.129. The number of carbonyl (C=O) groups is 2. The molecule has 106 valence electrons. The van der Waals surface area contributed by atoms with Gasteiger partial charge in [0, 0.05) is 24.7 Å². The van der Waals surface area contributed by atoms with Gasteiger partial charge in [0.1, 0.15) is 0 Å². The highest BCUT2D eigenvalue weighted by Crippen LogP contribution is 2.29. The molecule has 1 unspecified atom stereocenters. The molecule has 2 aliphatic rings. The van der Waals surface area contributed by atoms with E-state index in [1.165, 1.54) is 12.8 Å². The van der Waals surface area contributed by atoms with E-state index >= 15 is 0 Å². The molecule has 1 aliphatic heterocycles. The number of benzene rings is 1. The van der Waals surface area contributed by atoms with Crippen LogP contribution < -0.4 is 5.32 Å². The average molecular weight is 272 g/mol. The molecule has 4 nitrogen and oxygen atoms in total. The van der Waals surface area contributed by atoms with Crippen molar-refractivity contribution < 1.29 is 9.59 Å². The van der Waals surface area contributed by atoms with E-state index in [9.17, 15) is 9.59 Å². The predicted octanol–water partition coefficient (Wildman–Crippen LogP) is 2.42. The Morgan fingerprint density at radius 2 is 1.85 bits per heavy atom. The fourth-order valence-electron chi connectivity index (χ4n) is 3.24. The van der Waals surface area contributed by atoms with E-state index in [0.29, 0.717) is 19.0 Å². The molecule has 2 fully saturated rings. The van der Waals surface area contributed by atoms with Gasteiger partial charge in [0.15, 0.2) is 0 Å². The highest BCUT2D eigenvalue weighted by atomic mass is 16.2. The fourth-order valence-corrected chi connectivity index (χ4v) is 3.24. The van der Waals surface area contributed by atoms with E-state index < -0.39 is 0 Å². The minimum Gasteiger partial charge on any atom is -0.339 e. The van der Waals surface area contributed by atoms with Crippen LogP contribution in [0.5, 0.6) is 0 Å². The Hall–Kier alpha value is -1.84. The van der Waals surface area contributed by atoms with Crippen molar-refractivity contribution in [3.05, 3.63) is 30.3 Å². The van der Waals surface area contributed by atoms with Crippen LogP contribution in [-0.4, -0.2) is 29.3 Å². The van der Waals surface area contributed by atoms with E-state index in [0.717, 1.165) is 18.5 Å². The Kier molecular flexibility index (Phi) is 3.72. The zero-order valence-electron chi connectivity index (χ0n) is 11.5. The standard InChI is InChI=1S/C16H20N2O2/c19-15-10-12(11-18(15)14-8-4-5-9-14)16(20)17-13-6-2-1-3-7-13/h1-3,6-7,12,14H,4-5,8-11H2,(H,17,20). The topological polar surface area (TPSA) is 49.4 Å². The van der Waals surface area contributed by atoms with Gasteiger partial charge >= 0.3 is 0 Å². The Bertz CT molecular complexity index is 494. The molecule has 0 bridgehead atoms. The van der Waals surface area contributed by atoms with E-state index in [2.05, 4.69) is 5.32 Å². The van der Waals surface area contributed by atoms with Gasteiger partial charge in [-0.1, -0.05) is 31.0 Å². The third kappa shape index (κ3) is 2.69. The summed E-state index contributed by atoms with van der Waals surface area (Å²) in [5.41, 5.74) is 0.796. The molecule has 0 aromatic heterocycles. The molecule has 1 aromatic rings. The number of hydrogen-bond acceptors (Lipinski definition) is 2. The van der Waals surface area contributed by atoms with Crippen LogP contribution in [0.1, 0.15) is 32.1 Å². The number of para-hydroxylation sites is 1. The number of likely N-dealkylation sites (tertiary alicyclic amines) is 1. The van der Waals surface area contributed by atoms with Crippen LogP contribution in [0.2, 0.25) is 0 Å². The largest absolute Gasteiger partial charge is 0.339 e. The number of carbonyl (C=O) groups excluding carboxylic acids is 2. The second kappa shape index (κ2) is 5.65. The molecule has 1 heterocycles. The van der Waals surface area contributed by atoms with Crippen molar-refractivity contribution in [3.8, 4) is 0 Å². The lowest BCUT2D eigenvalue weighted by atomic mass is 10.1. The summed E-state index contributed by atoms with van der Waals surface area (Å²) in [6.07, 6.45) is 4.96. The first-order valence-electron chi connectivity index (χ1n) is 7.39. The van der Waals surface area contributed by atoms with Crippen molar-refractivity contribution in [3.63, 3.8) is 0 Å². The Labute approximate surface area is 119 Å². The molecule has 3 rings (SSSR count). The van der Waals surface area contributed by atoms with Gasteiger partial charge in [-0.15, -0.1) is 0 Å². The summed E-state index contributed by atoms with van der Waals surface area (Å²) < 4.78 is 0. The smallest absolute Gasteiger partial charge is 0.229 e. The molecule has 1 saturated heterocycles. The van der Waals surface area contributed by atoms with Gasteiger partial charge in [-0.05, 0) is 25.0 Å². The first kappa shape index (κ1) is 13.2. The van der Waals surface area contributed by atoms with Crippen molar-refractivity contribution in [2.45, 2.75) is 38.1 Å². The monoisotopic (exact) mass is 272 g/mol. The van der Waals surface area contributed by atoms with Gasteiger partial charge in [-0.2, -0.15) is 0 Å². The number of hydrogen-bond donors (Lipinski definition) is 1. The average Bonchev–Trinajstić information content (AvgIpc) is 3.08. The van der Waals surface area contributed by atoms with E-state index in [1.807, 2.05) is 35.2 Å². The predicted molar refractivity (Wildman–Crippen MR) is 77.1 cm³/mol. The number of nitrogens with zero attached hydrogens (tertiary/aromatic N) is 1. The second-order valence-corrected chi connectivity index (χ2v) is 5.74. The molecule has 0 radical (unpaired) electrons. The van der Waals surface area contributed by atoms with Gasteiger partial charge in [-0.3, -0.25) is 9.59 Å². The second-order valence-electron chi connectivity index (χ2n) is 5.74. The molecule has 2 amide bonds. The van der Waals surface area contributed by atoms with Gasteiger partial charge in [0.2, 0.25) is 11.8 Å². The summed E-state index contributed by atoms with van der Waals surface area (Å²) in [5, 5.41) is 2.90. The summed E-state index contributed by atoms with van der Waals surface area (Å²) in [6, 6.07) is 9.79. The molecule has 4 heteroatoms. The van der Waals surface area contributed by atoms with Gasteiger partial charge < -0.3 is 10.2 Å². The highest BCUT2D eigenvalue weighted by molar-refractivity contribution is 5.97. The van der Waals surface area contributed by atoms with Gasteiger partial charge in [-0.25, -0.2) is 0 Å². The minimum absolute atomic E-state index is 0.0370. The quantitative estimate of drug-likeness (QED) is 0.918. The maximum absolute atomic E-state index is 12.2. The molecule has 0 spiro atoms. The van der Waals surface area contributed by atoms with Crippen molar-refractivity contribution in [2.75, 3.05) is 11.9 Å². The molecule has 1 N–H and O–H groups in total. The summed E-state index contributed by atoms with van der Waals surface area (Å²) in [6.45, 7) is 0.585. The Morgan fingerprint density at radius 3 is 2.55 bits per heavy atom. The third-order valence-electron chi connectivity index (χ3n) is 4.34. The Balaban J connectivity index is 1.61. The van der Waals surface area contributed by atoms with Crippen LogP contribution in [-0.2, 0) is 9.59 Å². The number of amides is 2.